The van der Waals surface area contributed by atoms with Crippen LogP contribution in [0.3, 0.4) is 0 Å². The average Bonchev–Trinajstić information content (AvgIpc) is 3.75. The predicted octanol–water partition coefficient (Wildman–Crippen LogP) is 7.09. The first kappa shape index (κ1) is 37.7. The van der Waals surface area contributed by atoms with Crippen LogP contribution in [-0.4, -0.2) is 73.3 Å². The number of carbonyl (C=O) groups excluding carboxylic acids is 4. The molecule has 1 aromatic heterocycles. The third kappa shape index (κ3) is 8.17. The Labute approximate surface area is 305 Å². The summed E-state index contributed by atoms with van der Waals surface area (Å²) in [6.07, 6.45) is 12.2. The van der Waals surface area contributed by atoms with Crippen LogP contribution in [-0.2, 0) is 13.1 Å². The van der Waals surface area contributed by atoms with Crippen molar-refractivity contribution in [1.82, 2.24) is 24.8 Å². The van der Waals surface area contributed by atoms with E-state index in [-0.39, 0.29) is 36.7 Å². The third-order valence-electron chi connectivity index (χ3n) is 9.86. The van der Waals surface area contributed by atoms with Crippen molar-refractivity contribution in [1.29, 1.82) is 0 Å². The summed E-state index contributed by atoms with van der Waals surface area (Å²) in [7, 11) is 0. The zero-order valence-electron chi connectivity index (χ0n) is 29.9. The van der Waals surface area contributed by atoms with Gasteiger partial charge in [-0.1, -0.05) is 18.1 Å². The predicted molar refractivity (Wildman–Crippen MR) is 201 cm³/mol. The first-order valence-electron chi connectivity index (χ1n) is 18.1. The van der Waals surface area contributed by atoms with E-state index in [0.717, 1.165) is 16.2 Å². The molecule has 0 bridgehead atoms. The quantitative estimate of drug-likeness (QED) is 0.0724. The number of benzene rings is 3. The summed E-state index contributed by atoms with van der Waals surface area (Å²) in [5.41, 5.74) is 3.99. The Kier molecular flexibility index (Phi) is 13.0. The summed E-state index contributed by atoms with van der Waals surface area (Å²) in [5.74, 6) is 1.26. The zero-order chi connectivity index (χ0) is 36.4. The van der Waals surface area contributed by atoms with Crippen LogP contribution in [0, 0.1) is 12.3 Å². The van der Waals surface area contributed by atoms with Crippen LogP contribution in [0.15, 0.2) is 78.9 Å². The number of nitrogens with zero attached hydrogens (tertiary/aromatic N) is 5. The number of imide groups is 2. The summed E-state index contributed by atoms with van der Waals surface area (Å²) in [4.78, 5) is 52.4. The van der Waals surface area contributed by atoms with Gasteiger partial charge in [0.05, 0.1) is 17.7 Å². The second-order valence-corrected chi connectivity index (χ2v) is 26.2. The van der Waals surface area contributed by atoms with Crippen LogP contribution in [0.1, 0.15) is 112 Å². The Morgan fingerprint density at radius 2 is 1.04 bits per heavy atom. The fraction of sp³-hybridized carbons (Fsp3) is 0.366. The molecule has 0 aliphatic carbocycles. The van der Waals surface area contributed by atoms with Crippen LogP contribution in [0.4, 0.5) is 0 Å². The Balaban J connectivity index is 0.000000299. The number of hydrogen-bond acceptors (Lipinski definition) is 6. The maximum absolute atomic E-state index is 13.4. The van der Waals surface area contributed by atoms with E-state index in [1.165, 1.54) is 60.4 Å². The van der Waals surface area contributed by atoms with Gasteiger partial charge in [0.2, 0.25) is 0 Å². The van der Waals surface area contributed by atoms with Crippen molar-refractivity contribution in [3.63, 3.8) is 0 Å². The van der Waals surface area contributed by atoms with Crippen LogP contribution >= 0.6 is 0 Å². The molecule has 0 saturated carbocycles. The average molecular weight is 793 g/mol. The minimum atomic E-state index is -2.99. The molecular formula is C41H47N5O4Sn. The molecule has 0 unspecified atom stereocenters. The van der Waals surface area contributed by atoms with Crippen molar-refractivity contribution in [2.75, 3.05) is 6.54 Å². The Hall–Kier alpha value is -4.56. The second kappa shape index (κ2) is 17.6. The molecule has 0 fully saturated rings. The molecule has 10 heteroatoms. The van der Waals surface area contributed by atoms with E-state index in [0.29, 0.717) is 28.8 Å². The fourth-order valence-corrected chi connectivity index (χ4v) is 23.1. The van der Waals surface area contributed by atoms with Crippen molar-refractivity contribution < 1.29 is 19.2 Å². The SMILES string of the molecule is C#CCN1C(=O)c2ccccc2C1=O.CCC[CH2][Sn]([CH2]CCC)([CH2]CCC)[c]1nnn(Cc2ccccc2)c1CN1C(=O)c2ccccc2C1=O. The summed E-state index contributed by atoms with van der Waals surface area (Å²) < 4.78 is 6.93. The number of hydrogen-bond donors (Lipinski definition) is 0. The van der Waals surface area contributed by atoms with E-state index in [1.54, 1.807) is 36.4 Å². The van der Waals surface area contributed by atoms with Gasteiger partial charge in [0.25, 0.3) is 11.8 Å². The summed E-state index contributed by atoms with van der Waals surface area (Å²) in [5, 5.41) is 9.65. The van der Waals surface area contributed by atoms with Gasteiger partial charge in [-0.3, -0.25) is 14.5 Å². The van der Waals surface area contributed by atoms with Crippen molar-refractivity contribution in [2.24, 2.45) is 0 Å². The number of carbonyl (C=O) groups is 4. The molecule has 3 heterocycles. The molecule has 0 radical (unpaired) electrons. The molecule has 0 saturated heterocycles. The second-order valence-electron chi connectivity index (χ2n) is 13.3. The first-order chi connectivity index (χ1) is 24.8. The molecule has 264 valence electrons. The van der Waals surface area contributed by atoms with Crippen molar-refractivity contribution in [3.05, 3.63) is 112 Å². The maximum atomic E-state index is 13.4. The zero-order valence-corrected chi connectivity index (χ0v) is 32.8. The normalized spacial score (nSPS) is 13.6. The topological polar surface area (TPSA) is 105 Å². The van der Waals surface area contributed by atoms with Crippen LogP contribution in [0.5, 0.6) is 0 Å². The van der Waals surface area contributed by atoms with Crippen LogP contribution < -0.4 is 3.71 Å². The fourth-order valence-electron chi connectivity index (χ4n) is 7.07. The van der Waals surface area contributed by atoms with E-state index in [9.17, 15) is 19.2 Å². The Morgan fingerprint density at radius 1 is 0.608 bits per heavy atom. The monoisotopic (exact) mass is 793 g/mol. The van der Waals surface area contributed by atoms with Gasteiger partial charge in [-0.2, -0.15) is 0 Å². The van der Waals surface area contributed by atoms with E-state index in [1.807, 2.05) is 35.0 Å². The van der Waals surface area contributed by atoms with Gasteiger partial charge in [0.15, 0.2) is 0 Å². The number of terminal acetylenes is 1. The molecule has 6 rings (SSSR count). The molecule has 9 nitrogen and oxygen atoms in total. The number of amides is 4. The van der Waals surface area contributed by atoms with Gasteiger partial charge in [0.1, 0.15) is 0 Å². The Morgan fingerprint density at radius 3 is 1.47 bits per heavy atom. The molecular weight excluding hydrogens is 745 g/mol. The molecule has 2 aliphatic heterocycles. The van der Waals surface area contributed by atoms with Gasteiger partial charge in [0, 0.05) is 0 Å². The summed E-state index contributed by atoms with van der Waals surface area (Å²) in [6.45, 7) is 7.66. The first-order valence-corrected chi connectivity index (χ1v) is 25.6. The number of fused-ring (bicyclic) bond motifs is 2. The van der Waals surface area contributed by atoms with E-state index in [4.69, 9.17) is 16.7 Å². The summed E-state index contributed by atoms with van der Waals surface area (Å²) in [6, 6.07) is 24.1. The Bertz CT molecular complexity index is 1820. The number of rotatable bonds is 15. The van der Waals surface area contributed by atoms with Crippen molar-refractivity contribution >= 4 is 45.7 Å². The molecule has 2 aliphatic rings. The molecule has 0 spiro atoms. The van der Waals surface area contributed by atoms with Crippen molar-refractivity contribution in [2.45, 2.75) is 85.7 Å². The summed E-state index contributed by atoms with van der Waals surface area (Å²) >= 11 is -2.99. The van der Waals surface area contributed by atoms with Gasteiger partial charge in [-0.05, 0) is 12.1 Å². The van der Waals surface area contributed by atoms with Crippen molar-refractivity contribution in [3.8, 4) is 12.3 Å². The molecule has 4 amide bonds. The molecule has 3 aromatic carbocycles. The number of unbranched alkanes of at least 4 members (excludes halogenated alkanes) is 3. The standard InChI is InChI=1S/C18H13N4O2.C11H7NO2.3C4H9.Sn/c23-17-15-8-4-5-9-16(15)18(24)21(17)12-14-10-19-20-22(14)11-13-6-2-1-3-7-13;1-2-7-12-10(13)8-5-3-4-6-9(8)11(12)14;3*1-3-4-2;/h1-9H,11-12H2;1,3-6H,7H2;3*1,3-4H2,2H3;. The molecule has 51 heavy (non-hydrogen) atoms. The van der Waals surface area contributed by atoms with Gasteiger partial charge >= 0.3 is 226 Å². The van der Waals surface area contributed by atoms with E-state index >= 15 is 0 Å². The molecule has 0 atom stereocenters. The van der Waals surface area contributed by atoms with E-state index < -0.39 is 18.4 Å². The van der Waals surface area contributed by atoms with Crippen LogP contribution in [0.25, 0.3) is 0 Å². The van der Waals surface area contributed by atoms with E-state index in [2.05, 4.69) is 38.8 Å². The van der Waals surface area contributed by atoms with Crippen LogP contribution in [0.2, 0.25) is 13.3 Å². The third-order valence-corrected chi connectivity index (χ3v) is 25.1. The molecule has 4 aromatic rings. The van der Waals surface area contributed by atoms with Gasteiger partial charge in [-0.25, -0.2) is 0 Å². The number of aromatic nitrogens is 3. The van der Waals surface area contributed by atoms with Gasteiger partial charge < -0.3 is 0 Å². The van der Waals surface area contributed by atoms with Gasteiger partial charge in [-0.15, -0.1) is 6.42 Å². The minimum absolute atomic E-state index is 0.0341. The molecule has 0 N–H and O–H groups in total.